The zero-order chi connectivity index (χ0) is 23.5. The molecule has 1 N–H and O–H groups in total. The Bertz CT molecular complexity index is 1110. The fraction of sp³-hybridized carbons (Fsp3) is 0.520. The summed E-state index contributed by atoms with van der Waals surface area (Å²) in [6.07, 6.45) is 5.20. The standard InChI is InChI=1S/C25H31FN4O3/c1-16-17(2)23(31)28-27-22(16)15-18-8-9-21(26)20(14-18)25(33)30-11-5-10-29(12-13-30)24(32)19-6-3-4-7-19/h8-9,14,19H,3-7,10-13,15H2,1-2H3,(H,28,31). The van der Waals surface area contributed by atoms with Gasteiger partial charge in [-0.05, 0) is 56.4 Å². The van der Waals surface area contributed by atoms with E-state index in [1.54, 1.807) is 24.0 Å². The van der Waals surface area contributed by atoms with Gasteiger partial charge in [0, 0.05) is 44.1 Å². The van der Waals surface area contributed by atoms with Crippen LogP contribution in [0.25, 0.3) is 0 Å². The Kier molecular flexibility index (Phi) is 6.91. The molecule has 1 aromatic heterocycles. The van der Waals surface area contributed by atoms with Crippen molar-refractivity contribution in [2.75, 3.05) is 26.2 Å². The number of hydrogen-bond acceptors (Lipinski definition) is 4. The molecule has 1 saturated carbocycles. The maximum absolute atomic E-state index is 14.6. The second-order valence-electron chi connectivity index (χ2n) is 9.19. The summed E-state index contributed by atoms with van der Waals surface area (Å²) in [6.45, 7) is 5.59. The Labute approximate surface area is 193 Å². The lowest BCUT2D eigenvalue weighted by molar-refractivity contribution is -0.135. The van der Waals surface area contributed by atoms with Crippen LogP contribution < -0.4 is 5.56 Å². The van der Waals surface area contributed by atoms with E-state index >= 15 is 0 Å². The van der Waals surface area contributed by atoms with Gasteiger partial charge in [0.25, 0.3) is 11.5 Å². The van der Waals surface area contributed by atoms with E-state index in [0.29, 0.717) is 50.3 Å². The minimum absolute atomic E-state index is 0.0295. The van der Waals surface area contributed by atoms with E-state index in [-0.39, 0.29) is 28.9 Å². The van der Waals surface area contributed by atoms with Crippen molar-refractivity contribution in [3.8, 4) is 0 Å². The van der Waals surface area contributed by atoms with E-state index in [1.807, 2.05) is 11.8 Å². The van der Waals surface area contributed by atoms with Crippen molar-refractivity contribution in [3.05, 3.63) is 62.3 Å². The monoisotopic (exact) mass is 454 g/mol. The number of amides is 2. The molecular formula is C25H31FN4O3. The van der Waals surface area contributed by atoms with Crippen LogP contribution in [0.4, 0.5) is 4.39 Å². The topological polar surface area (TPSA) is 86.4 Å². The van der Waals surface area contributed by atoms with E-state index in [9.17, 15) is 18.8 Å². The summed E-state index contributed by atoms with van der Waals surface area (Å²) < 4.78 is 14.6. The summed E-state index contributed by atoms with van der Waals surface area (Å²) in [5.41, 5.74) is 2.62. The third-order valence-electron chi connectivity index (χ3n) is 7.06. The Morgan fingerprint density at radius 3 is 2.48 bits per heavy atom. The van der Waals surface area contributed by atoms with Crippen molar-refractivity contribution in [2.45, 2.75) is 52.4 Å². The number of nitrogens with one attached hydrogen (secondary N) is 1. The number of carbonyl (C=O) groups is 2. The summed E-state index contributed by atoms with van der Waals surface area (Å²) in [5, 5.41) is 6.61. The molecule has 8 heteroatoms. The molecule has 1 saturated heterocycles. The number of hydrogen-bond donors (Lipinski definition) is 1. The molecule has 7 nitrogen and oxygen atoms in total. The van der Waals surface area contributed by atoms with Crippen LogP contribution >= 0.6 is 0 Å². The second kappa shape index (κ2) is 9.85. The lowest BCUT2D eigenvalue weighted by Crippen LogP contribution is -2.39. The van der Waals surface area contributed by atoms with Gasteiger partial charge < -0.3 is 9.80 Å². The van der Waals surface area contributed by atoms with E-state index in [1.165, 1.54) is 6.07 Å². The van der Waals surface area contributed by atoms with Crippen molar-refractivity contribution in [1.82, 2.24) is 20.0 Å². The summed E-state index contributed by atoms with van der Waals surface area (Å²) in [6, 6.07) is 4.52. The molecule has 2 aromatic rings. The Hall–Kier alpha value is -3.03. The molecule has 2 fully saturated rings. The molecule has 0 radical (unpaired) electrons. The van der Waals surface area contributed by atoms with Crippen LogP contribution in [-0.2, 0) is 11.2 Å². The molecule has 2 heterocycles. The predicted octanol–water partition coefficient (Wildman–Crippen LogP) is 2.98. The highest BCUT2D eigenvalue weighted by atomic mass is 19.1. The van der Waals surface area contributed by atoms with Crippen LogP contribution in [0.3, 0.4) is 0 Å². The van der Waals surface area contributed by atoms with Crippen molar-refractivity contribution < 1.29 is 14.0 Å². The first kappa shape index (κ1) is 23.1. The van der Waals surface area contributed by atoms with E-state index in [4.69, 9.17) is 0 Å². The molecule has 2 amide bonds. The Morgan fingerprint density at radius 1 is 1.03 bits per heavy atom. The fourth-order valence-corrected chi connectivity index (χ4v) is 4.83. The first-order chi connectivity index (χ1) is 15.8. The van der Waals surface area contributed by atoms with Crippen LogP contribution in [-0.4, -0.2) is 58.0 Å². The van der Waals surface area contributed by atoms with Crippen LogP contribution in [0, 0.1) is 25.6 Å². The highest BCUT2D eigenvalue weighted by molar-refractivity contribution is 5.94. The number of benzene rings is 1. The molecule has 1 aliphatic carbocycles. The number of nitrogens with zero attached hydrogens (tertiary/aromatic N) is 3. The van der Waals surface area contributed by atoms with Crippen molar-refractivity contribution in [2.24, 2.45) is 5.92 Å². The van der Waals surface area contributed by atoms with Gasteiger partial charge in [0.05, 0.1) is 11.3 Å². The predicted molar refractivity (Wildman–Crippen MR) is 123 cm³/mol. The lowest BCUT2D eigenvalue weighted by atomic mass is 10.0. The van der Waals surface area contributed by atoms with Crippen LogP contribution in [0.5, 0.6) is 0 Å². The van der Waals surface area contributed by atoms with Gasteiger partial charge in [0.1, 0.15) is 5.82 Å². The summed E-state index contributed by atoms with van der Waals surface area (Å²) in [5.74, 6) is -0.592. The first-order valence-electron chi connectivity index (χ1n) is 11.8. The summed E-state index contributed by atoms with van der Waals surface area (Å²) >= 11 is 0. The molecule has 0 bridgehead atoms. The first-order valence-corrected chi connectivity index (χ1v) is 11.8. The number of aromatic amines is 1. The minimum Gasteiger partial charge on any atom is -0.341 e. The van der Waals surface area contributed by atoms with Crippen molar-refractivity contribution in [3.63, 3.8) is 0 Å². The number of rotatable bonds is 4. The molecule has 1 aromatic carbocycles. The van der Waals surface area contributed by atoms with E-state index in [2.05, 4.69) is 10.2 Å². The average molecular weight is 455 g/mol. The van der Waals surface area contributed by atoms with Crippen LogP contribution in [0.2, 0.25) is 0 Å². The Balaban J connectivity index is 1.47. The number of halogens is 1. The molecule has 0 unspecified atom stereocenters. The molecule has 0 atom stereocenters. The van der Waals surface area contributed by atoms with Gasteiger partial charge in [0.15, 0.2) is 0 Å². The smallest absolute Gasteiger partial charge is 0.267 e. The summed E-state index contributed by atoms with van der Waals surface area (Å²) in [4.78, 5) is 41.2. The minimum atomic E-state index is -0.561. The Morgan fingerprint density at radius 2 is 1.73 bits per heavy atom. The van der Waals surface area contributed by atoms with Gasteiger partial charge in [-0.3, -0.25) is 14.4 Å². The highest BCUT2D eigenvalue weighted by Crippen LogP contribution is 2.27. The van der Waals surface area contributed by atoms with E-state index in [0.717, 1.165) is 36.8 Å². The number of carbonyl (C=O) groups excluding carboxylic acids is 2. The molecule has 176 valence electrons. The number of H-pyrrole nitrogens is 1. The van der Waals surface area contributed by atoms with Gasteiger partial charge in [-0.2, -0.15) is 5.10 Å². The van der Waals surface area contributed by atoms with Gasteiger partial charge >= 0.3 is 0 Å². The zero-order valence-electron chi connectivity index (χ0n) is 19.3. The number of aromatic nitrogens is 2. The molecule has 4 rings (SSSR count). The van der Waals surface area contributed by atoms with E-state index < -0.39 is 5.82 Å². The molecule has 2 aliphatic rings. The fourth-order valence-electron chi connectivity index (χ4n) is 4.83. The maximum Gasteiger partial charge on any atom is 0.267 e. The van der Waals surface area contributed by atoms with Gasteiger partial charge in [-0.15, -0.1) is 0 Å². The van der Waals surface area contributed by atoms with Crippen LogP contribution in [0.15, 0.2) is 23.0 Å². The average Bonchev–Trinajstić information content (AvgIpc) is 3.24. The van der Waals surface area contributed by atoms with Crippen molar-refractivity contribution in [1.29, 1.82) is 0 Å². The van der Waals surface area contributed by atoms with Crippen LogP contribution in [0.1, 0.15) is 64.8 Å². The molecule has 33 heavy (non-hydrogen) atoms. The molecule has 1 aliphatic heterocycles. The molecular weight excluding hydrogens is 423 g/mol. The summed E-state index contributed by atoms with van der Waals surface area (Å²) in [7, 11) is 0. The largest absolute Gasteiger partial charge is 0.341 e. The maximum atomic E-state index is 14.6. The highest BCUT2D eigenvalue weighted by Gasteiger charge is 2.30. The third-order valence-corrected chi connectivity index (χ3v) is 7.06. The normalized spacial score (nSPS) is 17.3. The van der Waals surface area contributed by atoms with Gasteiger partial charge in [-0.25, -0.2) is 9.49 Å². The third kappa shape index (κ3) is 4.99. The van der Waals surface area contributed by atoms with Gasteiger partial charge in [-0.1, -0.05) is 18.9 Å². The second-order valence-corrected chi connectivity index (χ2v) is 9.19. The van der Waals surface area contributed by atoms with Gasteiger partial charge in [0.2, 0.25) is 5.91 Å². The quantitative estimate of drug-likeness (QED) is 0.770. The molecule has 0 spiro atoms. The zero-order valence-corrected chi connectivity index (χ0v) is 19.3. The SMILES string of the molecule is Cc1c(Cc2ccc(F)c(C(=O)N3CCCN(C(=O)C4CCCC4)CC3)c2)n[nH]c(=O)c1C. The lowest BCUT2D eigenvalue weighted by Gasteiger charge is -2.24. The van der Waals surface area contributed by atoms with Crippen molar-refractivity contribution >= 4 is 11.8 Å².